The second-order valence-corrected chi connectivity index (χ2v) is 27.0. The zero-order chi connectivity index (χ0) is 75.7. The lowest BCUT2D eigenvalue weighted by atomic mass is 10.3. The summed E-state index contributed by atoms with van der Waals surface area (Å²) in [6.45, 7) is -3.44. The highest BCUT2D eigenvalue weighted by Crippen LogP contribution is 2.40. The van der Waals surface area contributed by atoms with Crippen molar-refractivity contribution in [3.63, 3.8) is 0 Å². The zero-order valence-corrected chi connectivity index (χ0v) is 53.8. The van der Waals surface area contributed by atoms with E-state index >= 15 is 0 Å². The van der Waals surface area contributed by atoms with Crippen LogP contribution in [0.15, 0.2) is 0 Å². The van der Waals surface area contributed by atoms with E-state index in [1.807, 2.05) is 4.90 Å². The summed E-state index contributed by atoms with van der Waals surface area (Å²) in [6, 6.07) is 0. The number of hydrogen-bond acceptors (Lipinski definition) is 15. The fourth-order valence-electron chi connectivity index (χ4n) is 5.29. The Hall–Kier alpha value is -2.04. The third-order valence-electron chi connectivity index (χ3n) is 9.08. The Morgan fingerprint density at radius 3 is 0.926 bits per heavy atom. The average molecular weight is 1630 g/mol. The molecule has 0 spiro atoms. The highest BCUT2D eigenvalue weighted by Gasteiger charge is 2.61. The van der Waals surface area contributed by atoms with Gasteiger partial charge in [-0.15, -0.1) is 0 Å². The number of hydrogen-bond donors (Lipinski definition) is 2. The van der Waals surface area contributed by atoms with E-state index in [0.717, 1.165) is 11.8 Å². The van der Waals surface area contributed by atoms with Crippen LogP contribution in [0.3, 0.4) is 0 Å². The maximum absolute atomic E-state index is 12.2. The van der Waals surface area contributed by atoms with Gasteiger partial charge in [0.05, 0.1) is 37.9 Å². The van der Waals surface area contributed by atoms with Crippen LogP contribution < -0.4 is 9.44 Å². The van der Waals surface area contributed by atoms with Crippen molar-refractivity contribution in [3.05, 3.63) is 5.21 Å². The number of thioether (sulfide) groups is 1. The quantitative estimate of drug-likeness (QED) is 0.0116. The summed E-state index contributed by atoms with van der Waals surface area (Å²) in [4.78, 5) is 1.83. The van der Waals surface area contributed by atoms with Gasteiger partial charge in [-0.3, -0.25) is 0 Å². The van der Waals surface area contributed by atoms with E-state index in [9.17, 15) is 162 Å². The minimum atomic E-state index is -5.63. The first kappa shape index (κ1) is 101. The van der Waals surface area contributed by atoms with Crippen molar-refractivity contribution < 1.29 is 185 Å². The Labute approximate surface area is 534 Å². The lowest BCUT2D eigenvalue weighted by molar-refractivity contribution is -0.840. The van der Waals surface area contributed by atoms with E-state index in [-0.39, 0.29) is 50.0 Å². The Kier molecular flexibility index (Phi) is 46.7. The SMILES string of the molecule is CN(C)CCCNS(=O)(=O)CCCOC(C(F)(F)F)C(F)(F)F.C[N+](C)([O-])CCCNS(=O)(=O)CCCOC(C(F)(F)F)C(F)(F)F.FC(F)(F)C(OCCCBr)C(F)(F)F.N#CSCCCOC(C(F)(F)F)C(F)(F)F.O=S(=O)(Cl)CCCOC(C(F)(F)F)C(F)(F)F. The number of halogens is 32. The van der Waals surface area contributed by atoms with Crippen molar-refractivity contribution in [2.75, 3.05) is 116 Å². The normalized spacial score (nSPS) is 13.9. The van der Waals surface area contributed by atoms with Crippen LogP contribution in [0.4, 0.5) is 132 Å². The van der Waals surface area contributed by atoms with E-state index in [4.69, 9.17) is 15.9 Å². The topological polar surface area (TPSA) is 223 Å². The first-order valence-corrected chi connectivity index (χ1v) is 32.8. The number of ether oxygens (including phenoxy) is 5. The van der Waals surface area contributed by atoms with Crippen LogP contribution in [0.1, 0.15) is 44.9 Å². The number of rotatable bonds is 34. The molecule has 0 heterocycles. The van der Waals surface area contributed by atoms with Crippen molar-refractivity contribution in [2.45, 2.75) is 137 Å². The predicted molar refractivity (Wildman–Crippen MR) is 276 cm³/mol. The molecule has 0 aliphatic carbocycles. The van der Waals surface area contributed by atoms with Crippen molar-refractivity contribution in [2.24, 2.45) is 0 Å². The van der Waals surface area contributed by atoms with Crippen LogP contribution in [0.5, 0.6) is 0 Å². The largest absolute Gasteiger partial charge is 0.633 e. The summed E-state index contributed by atoms with van der Waals surface area (Å²) in [5.41, 5.74) is 0. The number of nitrogens with one attached hydrogen (secondary N) is 2. The van der Waals surface area contributed by atoms with Crippen LogP contribution in [0, 0.1) is 15.9 Å². The van der Waals surface area contributed by atoms with Gasteiger partial charge < -0.3 is 38.4 Å². The molecule has 0 aliphatic heterocycles. The fraction of sp³-hybridized carbons (Fsp3) is 0.976. The lowest BCUT2D eigenvalue weighted by Crippen LogP contribution is -2.44. The molecule has 570 valence electrons. The molecule has 0 radical (unpaired) electrons. The number of hydroxylamine groups is 3. The standard InChI is InChI=1S/C11H20F6N2O4S.C11H20F6N2O3S.C7H7F6NOS.C6H7BrF6O.C6H7ClF6O3S/c1-19(2,20)6-3-5-18-24(21,22)8-4-7-23-9(10(12,13)14)11(15,16)17;1-19(2)6-3-5-18-23(20,21)8-4-7-22-9(10(12,13)14)11(15,16)17;8-6(9,10)5(7(11,12)13)15-2-1-3-16-4-14;7-2-1-3-14-4(5(8,9)10)6(11,12)13;7-17(14,15)3-1-2-16-4(5(8,9)10)6(11,12)13/h9,18H,3-8H2,1-2H3;9,18H,3-8H2,1-2H3;5H,1-3H2;4H,1-3H2;4H,1-3H2. The molecule has 0 fully saturated rings. The molecule has 0 atom stereocenters. The maximum atomic E-state index is 12.2. The van der Waals surface area contributed by atoms with E-state index in [0.29, 0.717) is 13.0 Å². The molecule has 0 aromatic heterocycles. The Morgan fingerprint density at radius 1 is 0.457 bits per heavy atom. The Morgan fingerprint density at radius 2 is 0.702 bits per heavy atom. The van der Waals surface area contributed by atoms with Gasteiger partial charge in [-0.05, 0) is 70.9 Å². The van der Waals surface area contributed by atoms with E-state index in [2.05, 4.69) is 49.1 Å². The van der Waals surface area contributed by atoms with Crippen molar-refractivity contribution in [1.29, 1.82) is 5.26 Å². The molecule has 0 bridgehead atoms. The van der Waals surface area contributed by atoms with Crippen LogP contribution in [-0.4, -0.2) is 243 Å². The summed E-state index contributed by atoms with van der Waals surface area (Å²) in [5, 5.41) is 21.2. The minimum Gasteiger partial charge on any atom is -0.633 e. The molecule has 0 rings (SSSR count). The number of quaternary nitrogens is 1. The maximum Gasteiger partial charge on any atom is 0.423 e. The van der Waals surface area contributed by atoms with Gasteiger partial charge in [0, 0.05) is 74.3 Å². The second kappa shape index (κ2) is 43.6. The van der Waals surface area contributed by atoms with Gasteiger partial charge >= 0.3 is 61.8 Å². The third kappa shape index (κ3) is 57.8. The molecular formula is C41H61BrClF30N5O12S4. The molecule has 0 aromatic rings. The molecule has 0 unspecified atom stereocenters. The minimum absolute atomic E-state index is 0.0547. The number of alkyl halides is 31. The van der Waals surface area contributed by atoms with Crippen LogP contribution in [0.25, 0.3) is 0 Å². The van der Waals surface area contributed by atoms with Crippen LogP contribution >= 0.6 is 38.4 Å². The van der Waals surface area contributed by atoms with Crippen molar-refractivity contribution in [3.8, 4) is 5.40 Å². The molecule has 53 heteroatoms. The molecule has 94 heavy (non-hydrogen) atoms. The lowest BCUT2D eigenvalue weighted by Gasteiger charge is -2.33. The molecule has 0 saturated heterocycles. The summed E-state index contributed by atoms with van der Waals surface area (Å²) in [7, 11) is -0.572. The predicted octanol–water partition coefficient (Wildman–Crippen LogP) is 12.4. The van der Waals surface area contributed by atoms with E-state index < -0.39 is 196 Å². The first-order valence-electron chi connectivity index (χ1n) is 24.9. The molecule has 0 saturated carbocycles. The number of nitrogens with zero attached hydrogens (tertiary/aromatic N) is 3. The Bertz CT molecular complexity index is 2340. The van der Waals surface area contributed by atoms with E-state index in [1.54, 1.807) is 19.5 Å². The molecule has 0 aromatic carbocycles. The van der Waals surface area contributed by atoms with Crippen LogP contribution in [0.2, 0.25) is 0 Å². The molecule has 17 nitrogen and oxygen atoms in total. The summed E-state index contributed by atoms with van der Waals surface area (Å²) < 4.78 is 448. The van der Waals surface area contributed by atoms with Crippen molar-refractivity contribution in [1.82, 2.24) is 14.3 Å². The molecule has 2 N–H and O–H groups in total. The molecular weight excluding hydrogens is 1570 g/mol. The van der Waals surface area contributed by atoms with Gasteiger partial charge in [-0.2, -0.15) is 137 Å². The average Bonchev–Trinajstić information content (AvgIpc) is 0.880. The van der Waals surface area contributed by atoms with Gasteiger partial charge in [-0.1, -0.05) is 15.9 Å². The molecule has 0 amide bonds. The molecule has 0 aliphatic rings. The Balaban J connectivity index is -0.000000356. The summed E-state index contributed by atoms with van der Waals surface area (Å²) >= 11 is 3.60. The highest BCUT2D eigenvalue weighted by atomic mass is 79.9. The second-order valence-electron chi connectivity index (χ2n) is 18.5. The van der Waals surface area contributed by atoms with Gasteiger partial charge in [0.2, 0.25) is 59.6 Å². The zero-order valence-electron chi connectivity index (χ0n) is 48.2. The monoisotopic (exact) mass is 1630 g/mol. The van der Waals surface area contributed by atoms with Gasteiger partial charge in [0.25, 0.3) is 0 Å². The first-order chi connectivity index (χ1) is 41.5. The van der Waals surface area contributed by atoms with Gasteiger partial charge in [-0.25, -0.2) is 34.7 Å². The number of thiocyanates is 1. The van der Waals surface area contributed by atoms with Crippen molar-refractivity contribution >= 4 is 67.5 Å². The fourth-order valence-corrected chi connectivity index (χ4v) is 8.86. The number of nitriles is 1. The van der Waals surface area contributed by atoms with Gasteiger partial charge in [0.15, 0.2) is 0 Å². The summed E-state index contributed by atoms with van der Waals surface area (Å²) in [6.07, 6.45) is -75.4. The smallest absolute Gasteiger partial charge is 0.423 e. The van der Waals surface area contributed by atoms with Crippen LogP contribution in [-0.2, 0) is 52.8 Å². The highest BCUT2D eigenvalue weighted by molar-refractivity contribution is 9.09. The van der Waals surface area contributed by atoms with Gasteiger partial charge in [0.1, 0.15) is 5.40 Å². The number of sulfonamides is 2. The third-order valence-corrected chi connectivity index (χ3v) is 14.4. The summed E-state index contributed by atoms with van der Waals surface area (Å²) in [5.74, 6) is -1.95. The van der Waals surface area contributed by atoms with E-state index in [1.165, 1.54) is 14.1 Å².